The third-order valence-corrected chi connectivity index (χ3v) is 9.74. The maximum atomic E-state index is 14.4. The van der Waals surface area contributed by atoms with Crippen LogP contribution in [0.25, 0.3) is 22.5 Å². The highest BCUT2D eigenvalue weighted by Crippen LogP contribution is 2.35. The number of esters is 1. The maximum Gasteiger partial charge on any atom is 0.338 e. The Morgan fingerprint density at radius 1 is 0.878 bits per heavy atom. The SMILES string of the molecule is CCOC(=O)C1=C(c2ccccc2)N=c2s/c(=C/c3ccccc3OCc3cccc4ccccc34)c(=O)n2[C@@H]1c1ccc(C(C)C)cc1. The average Bonchev–Trinajstić information content (AvgIpc) is 3.44. The minimum Gasteiger partial charge on any atom is -0.488 e. The highest BCUT2D eigenvalue weighted by atomic mass is 32.1. The summed E-state index contributed by atoms with van der Waals surface area (Å²) in [5, 5.41) is 2.30. The van der Waals surface area contributed by atoms with Gasteiger partial charge in [-0.1, -0.05) is 140 Å². The molecule has 0 amide bonds. The first-order valence-electron chi connectivity index (χ1n) is 16.5. The third-order valence-electron chi connectivity index (χ3n) is 8.76. The molecule has 0 aliphatic carbocycles. The van der Waals surface area contributed by atoms with Gasteiger partial charge in [-0.05, 0) is 52.4 Å². The van der Waals surface area contributed by atoms with Crippen molar-refractivity contribution in [2.75, 3.05) is 6.61 Å². The molecule has 0 radical (unpaired) electrons. The Bertz CT molecular complexity index is 2370. The molecule has 0 saturated carbocycles. The van der Waals surface area contributed by atoms with E-state index in [0.29, 0.717) is 38.9 Å². The highest BCUT2D eigenvalue weighted by Gasteiger charge is 2.35. The zero-order chi connectivity index (χ0) is 33.9. The van der Waals surface area contributed by atoms with Gasteiger partial charge in [0.05, 0.1) is 28.5 Å². The van der Waals surface area contributed by atoms with E-state index in [4.69, 9.17) is 14.5 Å². The van der Waals surface area contributed by atoms with Crippen molar-refractivity contribution in [3.05, 3.63) is 174 Å². The fraction of sp³-hybridized carbons (Fsp3) is 0.167. The number of hydrogen-bond donors (Lipinski definition) is 0. The highest BCUT2D eigenvalue weighted by molar-refractivity contribution is 7.07. The van der Waals surface area contributed by atoms with Gasteiger partial charge < -0.3 is 9.47 Å². The van der Waals surface area contributed by atoms with Crippen LogP contribution in [-0.4, -0.2) is 17.1 Å². The van der Waals surface area contributed by atoms with Crippen LogP contribution in [0.3, 0.4) is 0 Å². The monoisotopic (exact) mass is 664 g/mol. The van der Waals surface area contributed by atoms with Crippen LogP contribution in [0.2, 0.25) is 0 Å². The number of fused-ring (bicyclic) bond motifs is 2. The molecule has 0 saturated heterocycles. The molecule has 0 bridgehead atoms. The van der Waals surface area contributed by atoms with E-state index < -0.39 is 12.0 Å². The molecule has 244 valence electrons. The van der Waals surface area contributed by atoms with Gasteiger partial charge in [0.25, 0.3) is 5.56 Å². The van der Waals surface area contributed by atoms with Crippen LogP contribution in [0.4, 0.5) is 0 Å². The molecular weight excluding hydrogens is 629 g/mol. The van der Waals surface area contributed by atoms with Crippen LogP contribution >= 0.6 is 11.3 Å². The molecule has 7 heteroatoms. The Labute approximate surface area is 288 Å². The third kappa shape index (κ3) is 6.37. The maximum absolute atomic E-state index is 14.4. The van der Waals surface area contributed by atoms with Gasteiger partial charge in [-0.2, -0.15) is 0 Å². The number of thiazole rings is 1. The van der Waals surface area contributed by atoms with Gasteiger partial charge in [-0.3, -0.25) is 9.36 Å². The Morgan fingerprint density at radius 3 is 2.37 bits per heavy atom. The Kier molecular flexibility index (Phi) is 9.09. The van der Waals surface area contributed by atoms with E-state index in [0.717, 1.165) is 33.0 Å². The van der Waals surface area contributed by atoms with E-state index in [-0.39, 0.29) is 12.2 Å². The van der Waals surface area contributed by atoms with Crippen LogP contribution in [-0.2, 0) is 16.1 Å². The normalized spacial score (nSPS) is 14.5. The van der Waals surface area contributed by atoms with Crippen LogP contribution in [0.1, 0.15) is 60.5 Å². The van der Waals surface area contributed by atoms with E-state index in [2.05, 4.69) is 50.2 Å². The Morgan fingerprint density at radius 2 is 1.59 bits per heavy atom. The lowest BCUT2D eigenvalue weighted by Gasteiger charge is -2.26. The lowest BCUT2D eigenvalue weighted by Crippen LogP contribution is -2.40. The number of rotatable bonds is 9. The van der Waals surface area contributed by atoms with E-state index in [9.17, 15) is 9.59 Å². The van der Waals surface area contributed by atoms with Crippen molar-refractivity contribution in [3.8, 4) is 5.75 Å². The summed E-state index contributed by atoms with van der Waals surface area (Å²) in [5.41, 5.74) is 5.21. The fourth-order valence-electron chi connectivity index (χ4n) is 6.27. The molecule has 7 rings (SSSR count). The average molecular weight is 665 g/mol. The molecule has 0 fully saturated rings. The number of hydrogen-bond acceptors (Lipinski definition) is 6. The van der Waals surface area contributed by atoms with Crippen LogP contribution in [0.15, 0.2) is 137 Å². The second kappa shape index (κ2) is 13.9. The quantitative estimate of drug-likeness (QED) is 0.148. The summed E-state index contributed by atoms with van der Waals surface area (Å²) in [6.45, 7) is 6.63. The number of ether oxygens (including phenoxy) is 2. The van der Waals surface area contributed by atoms with Crippen molar-refractivity contribution in [3.63, 3.8) is 0 Å². The molecule has 1 aromatic heterocycles. The first kappa shape index (κ1) is 32.0. The first-order valence-corrected chi connectivity index (χ1v) is 17.3. The predicted octanol–water partition coefficient (Wildman–Crippen LogP) is 7.79. The fourth-order valence-corrected chi connectivity index (χ4v) is 7.26. The lowest BCUT2D eigenvalue weighted by molar-refractivity contribution is -0.138. The molecule has 2 heterocycles. The van der Waals surface area contributed by atoms with Crippen molar-refractivity contribution in [1.29, 1.82) is 0 Å². The Balaban J connectivity index is 1.37. The number of aromatic nitrogens is 1. The van der Waals surface area contributed by atoms with Crippen LogP contribution in [0.5, 0.6) is 5.75 Å². The number of carbonyl (C=O) groups excluding carboxylic acids is 1. The summed E-state index contributed by atoms with van der Waals surface area (Å²) in [6.07, 6.45) is 1.86. The van der Waals surface area contributed by atoms with Crippen LogP contribution in [0, 0.1) is 0 Å². The zero-order valence-electron chi connectivity index (χ0n) is 27.6. The van der Waals surface area contributed by atoms with Gasteiger partial charge in [0, 0.05) is 11.1 Å². The minimum atomic E-state index is -0.730. The standard InChI is InChI=1S/C42H36N2O4S/c1-4-47-41(46)37-38(30-14-6-5-7-15-30)43-42-44(39(37)31-23-21-28(22-24-31)27(2)3)40(45)36(49-42)25-32-16-9-11-20-35(32)48-26-33-18-12-17-29-13-8-10-19-34(29)33/h5-25,27,39H,4,26H2,1-3H3/b36-25+/t39-/m1/s1. The summed E-state index contributed by atoms with van der Waals surface area (Å²) >= 11 is 1.30. The molecule has 0 spiro atoms. The van der Waals surface area contributed by atoms with Gasteiger partial charge in [0.15, 0.2) is 4.80 Å². The van der Waals surface area contributed by atoms with Crippen molar-refractivity contribution in [2.45, 2.75) is 39.3 Å². The number of carbonyl (C=O) groups is 1. The van der Waals surface area contributed by atoms with Gasteiger partial charge >= 0.3 is 5.97 Å². The first-order chi connectivity index (χ1) is 23.9. The number of para-hydroxylation sites is 1. The van der Waals surface area contributed by atoms with E-state index in [1.807, 2.05) is 91.0 Å². The van der Waals surface area contributed by atoms with Gasteiger partial charge in [0.2, 0.25) is 0 Å². The summed E-state index contributed by atoms with van der Waals surface area (Å²) in [7, 11) is 0. The summed E-state index contributed by atoms with van der Waals surface area (Å²) in [5.74, 6) is 0.502. The van der Waals surface area contributed by atoms with Crippen molar-refractivity contribution in [1.82, 2.24) is 4.57 Å². The van der Waals surface area contributed by atoms with E-state index in [1.54, 1.807) is 11.5 Å². The summed E-state index contributed by atoms with van der Waals surface area (Å²) in [4.78, 5) is 33.7. The molecule has 49 heavy (non-hydrogen) atoms. The molecule has 1 aliphatic heterocycles. The smallest absolute Gasteiger partial charge is 0.338 e. The van der Waals surface area contributed by atoms with Gasteiger partial charge in [-0.25, -0.2) is 9.79 Å². The van der Waals surface area contributed by atoms with Gasteiger partial charge in [-0.15, -0.1) is 0 Å². The molecular formula is C42H36N2O4S. The van der Waals surface area contributed by atoms with E-state index in [1.165, 1.54) is 16.9 Å². The van der Waals surface area contributed by atoms with E-state index >= 15 is 0 Å². The Hall–Kier alpha value is -5.53. The second-order valence-corrected chi connectivity index (χ2v) is 13.2. The van der Waals surface area contributed by atoms with Crippen molar-refractivity contribution in [2.24, 2.45) is 4.99 Å². The number of benzene rings is 5. The molecule has 0 N–H and O–H groups in total. The molecule has 6 nitrogen and oxygen atoms in total. The number of nitrogens with zero attached hydrogens (tertiary/aromatic N) is 2. The molecule has 1 aliphatic rings. The minimum absolute atomic E-state index is 0.198. The zero-order valence-corrected chi connectivity index (χ0v) is 28.4. The topological polar surface area (TPSA) is 69.9 Å². The van der Waals surface area contributed by atoms with Crippen molar-refractivity contribution >= 4 is 39.9 Å². The molecule has 6 aromatic rings. The van der Waals surface area contributed by atoms with Gasteiger partial charge in [0.1, 0.15) is 12.4 Å². The summed E-state index contributed by atoms with van der Waals surface area (Å²) in [6, 6.07) is 39.2. The predicted molar refractivity (Wildman–Crippen MR) is 196 cm³/mol. The van der Waals surface area contributed by atoms with Crippen molar-refractivity contribution < 1.29 is 14.3 Å². The second-order valence-electron chi connectivity index (χ2n) is 12.2. The molecule has 0 unspecified atom stereocenters. The summed E-state index contributed by atoms with van der Waals surface area (Å²) < 4.78 is 14.1. The molecule has 5 aromatic carbocycles. The molecule has 1 atom stereocenters. The largest absolute Gasteiger partial charge is 0.488 e. The van der Waals surface area contributed by atoms with Crippen LogP contribution < -0.4 is 19.6 Å². The lowest BCUT2D eigenvalue weighted by atomic mass is 9.91.